The van der Waals surface area contributed by atoms with Gasteiger partial charge in [-0.15, -0.1) is 0 Å². The van der Waals surface area contributed by atoms with Crippen LogP contribution in [0.1, 0.15) is 44.9 Å². The van der Waals surface area contributed by atoms with E-state index >= 15 is 0 Å². The zero-order valence-corrected chi connectivity index (χ0v) is 7.97. The van der Waals surface area contributed by atoms with E-state index in [1.807, 2.05) is 0 Å². The van der Waals surface area contributed by atoms with Crippen molar-refractivity contribution < 1.29 is 9.53 Å². The van der Waals surface area contributed by atoms with Gasteiger partial charge in [0.1, 0.15) is 0 Å². The Morgan fingerprint density at radius 1 is 1.17 bits per heavy atom. The van der Waals surface area contributed by atoms with E-state index in [0.29, 0.717) is 6.42 Å². The smallest absolute Gasteiger partial charge is 0.305 e. The van der Waals surface area contributed by atoms with Gasteiger partial charge in [0, 0.05) is 6.42 Å². The topological polar surface area (TPSA) is 26.3 Å². The van der Waals surface area contributed by atoms with Crippen LogP contribution in [0, 0.1) is 6.92 Å². The minimum absolute atomic E-state index is 0.0906. The lowest BCUT2D eigenvalue weighted by atomic mass is 10.1. The van der Waals surface area contributed by atoms with Crippen LogP contribution in [0.3, 0.4) is 0 Å². The minimum Gasteiger partial charge on any atom is -0.469 e. The standard InChI is InChI=1S/C10H19O2/c1-3-4-5-6-7-8-9-10(11)12-2/h1,3-9H2,2H3. The van der Waals surface area contributed by atoms with Crippen LogP contribution in [0.2, 0.25) is 0 Å². The molecule has 0 heterocycles. The summed E-state index contributed by atoms with van der Waals surface area (Å²) in [5.41, 5.74) is 0. The summed E-state index contributed by atoms with van der Waals surface area (Å²) in [7, 11) is 1.44. The molecule has 0 unspecified atom stereocenters. The van der Waals surface area contributed by atoms with Crippen molar-refractivity contribution >= 4 is 5.97 Å². The number of esters is 1. The van der Waals surface area contributed by atoms with Gasteiger partial charge in [-0.05, 0) is 6.42 Å². The van der Waals surface area contributed by atoms with Crippen LogP contribution >= 0.6 is 0 Å². The van der Waals surface area contributed by atoms with E-state index in [4.69, 9.17) is 0 Å². The molecule has 1 radical (unpaired) electrons. The van der Waals surface area contributed by atoms with Crippen molar-refractivity contribution in [2.45, 2.75) is 44.9 Å². The molecule has 0 fully saturated rings. The van der Waals surface area contributed by atoms with Crippen LogP contribution in [0.5, 0.6) is 0 Å². The Hall–Kier alpha value is -0.530. The summed E-state index contributed by atoms with van der Waals surface area (Å²) in [6, 6.07) is 0. The maximum atomic E-state index is 10.7. The minimum atomic E-state index is -0.0906. The van der Waals surface area contributed by atoms with Gasteiger partial charge in [0.05, 0.1) is 7.11 Å². The van der Waals surface area contributed by atoms with Crippen LogP contribution in [0.4, 0.5) is 0 Å². The molecule has 0 atom stereocenters. The second-order valence-corrected chi connectivity index (χ2v) is 2.95. The molecule has 0 aliphatic rings. The zero-order chi connectivity index (χ0) is 9.23. The lowest BCUT2D eigenvalue weighted by Gasteiger charge is -1.99. The lowest BCUT2D eigenvalue weighted by Crippen LogP contribution is -1.98. The third-order valence-corrected chi connectivity index (χ3v) is 1.86. The second-order valence-electron chi connectivity index (χ2n) is 2.95. The fraction of sp³-hybridized carbons (Fsp3) is 0.800. The van der Waals surface area contributed by atoms with Gasteiger partial charge in [0.2, 0.25) is 0 Å². The number of methoxy groups -OCH3 is 1. The van der Waals surface area contributed by atoms with E-state index in [-0.39, 0.29) is 5.97 Å². The number of ether oxygens (including phenoxy) is 1. The highest BCUT2D eigenvalue weighted by Gasteiger charge is 1.98. The highest BCUT2D eigenvalue weighted by atomic mass is 16.5. The number of rotatable bonds is 7. The monoisotopic (exact) mass is 171 g/mol. The summed E-state index contributed by atoms with van der Waals surface area (Å²) >= 11 is 0. The number of hydrogen-bond acceptors (Lipinski definition) is 2. The molecule has 0 aromatic carbocycles. The lowest BCUT2D eigenvalue weighted by molar-refractivity contribution is -0.140. The van der Waals surface area contributed by atoms with Crippen molar-refractivity contribution in [3.05, 3.63) is 6.92 Å². The Morgan fingerprint density at radius 3 is 2.33 bits per heavy atom. The molecule has 71 valence electrons. The average Bonchev–Trinajstić information content (AvgIpc) is 2.10. The molecule has 0 aromatic rings. The highest BCUT2D eigenvalue weighted by Crippen LogP contribution is 2.06. The van der Waals surface area contributed by atoms with Gasteiger partial charge in [-0.2, -0.15) is 0 Å². The van der Waals surface area contributed by atoms with E-state index in [1.54, 1.807) is 0 Å². The van der Waals surface area contributed by atoms with Gasteiger partial charge >= 0.3 is 5.97 Å². The molecular weight excluding hydrogens is 152 g/mol. The molecule has 0 N–H and O–H groups in total. The normalized spacial score (nSPS) is 9.83. The first-order valence-corrected chi connectivity index (χ1v) is 4.67. The Balaban J connectivity index is 2.95. The van der Waals surface area contributed by atoms with Crippen LogP contribution < -0.4 is 0 Å². The van der Waals surface area contributed by atoms with Crippen molar-refractivity contribution in [1.29, 1.82) is 0 Å². The molecular formula is C10H19O2. The van der Waals surface area contributed by atoms with E-state index in [1.165, 1.54) is 26.4 Å². The van der Waals surface area contributed by atoms with Gasteiger partial charge in [-0.1, -0.05) is 39.0 Å². The summed E-state index contributed by atoms with van der Waals surface area (Å²) in [6.07, 6.45) is 7.35. The predicted molar refractivity (Wildman–Crippen MR) is 49.7 cm³/mol. The third-order valence-electron chi connectivity index (χ3n) is 1.86. The van der Waals surface area contributed by atoms with Crippen molar-refractivity contribution in [3.8, 4) is 0 Å². The van der Waals surface area contributed by atoms with Crippen molar-refractivity contribution in [3.63, 3.8) is 0 Å². The molecule has 0 amide bonds. The second kappa shape index (κ2) is 8.57. The molecule has 2 nitrogen and oxygen atoms in total. The largest absolute Gasteiger partial charge is 0.469 e. The molecule has 2 heteroatoms. The van der Waals surface area contributed by atoms with Crippen molar-refractivity contribution in [1.82, 2.24) is 0 Å². The van der Waals surface area contributed by atoms with Crippen molar-refractivity contribution in [2.75, 3.05) is 7.11 Å². The molecule has 0 aromatic heterocycles. The third kappa shape index (κ3) is 7.58. The number of hydrogen-bond donors (Lipinski definition) is 0. The maximum Gasteiger partial charge on any atom is 0.305 e. The summed E-state index contributed by atoms with van der Waals surface area (Å²) in [4.78, 5) is 10.7. The number of carbonyl (C=O) groups excluding carboxylic acids is 1. The Bertz CT molecular complexity index is 110. The van der Waals surface area contributed by atoms with Gasteiger partial charge in [0.15, 0.2) is 0 Å². The van der Waals surface area contributed by atoms with E-state index in [0.717, 1.165) is 19.3 Å². The van der Waals surface area contributed by atoms with Gasteiger partial charge in [0.25, 0.3) is 0 Å². The molecule has 0 aliphatic heterocycles. The van der Waals surface area contributed by atoms with E-state index in [9.17, 15) is 4.79 Å². The van der Waals surface area contributed by atoms with Crippen LogP contribution in [0.15, 0.2) is 0 Å². The first-order valence-electron chi connectivity index (χ1n) is 4.67. The Kier molecular flexibility index (Phi) is 8.19. The fourth-order valence-corrected chi connectivity index (χ4v) is 1.08. The summed E-state index contributed by atoms with van der Waals surface area (Å²) in [5.74, 6) is -0.0906. The maximum absolute atomic E-state index is 10.7. The first kappa shape index (κ1) is 11.5. The summed E-state index contributed by atoms with van der Waals surface area (Å²) in [6.45, 7) is 3.77. The average molecular weight is 171 g/mol. The van der Waals surface area contributed by atoms with Crippen LogP contribution in [-0.4, -0.2) is 13.1 Å². The molecule has 0 saturated carbocycles. The van der Waals surface area contributed by atoms with Crippen LogP contribution in [-0.2, 0) is 9.53 Å². The number of unbranched alkanes of at least 4 members (excludes halogenated alkanes) is 5. The van der Waals surface area contributed by atoms with Gasteiger partial charge in [-0.25, -0.2) is 0 Å². The van der Waals surface area contributed by atoms with Gasteiger partial charge < -0.3 is 4.74 Å². The Morgan fingerprint density at radius 2 is 1.75 bits per heavy atom. The van der Waals surface area contributed by atoms with E-state index in [2.05, 4.69) is 11.7 Å². The quantitative estimate of drug-likeness (QED) is 0.435. The predicted octanol–water partition coefficient (Wildman–Crippen LogP) is 2.72. The fourth-order valence-electron chi connectivity index (χ4n) is 1.08. The molecule has 0 aliphatic carbocycles. The van der Waals surface area contributed by atoms with Crippen molar-refractivity contribution in [2.24, 2.45) is 0 Å². The zero-order valence-electron chi connectivity index (χ0n) is 7.97. The van der Waals surface area contributed by atoms with Gasteiger partial charge in [-0.3, -0.25) is 4.79 Å². The molecule has 0 spiro atoms. The highest BCUT2D eigenvalue weighted by molar-refractivity contribution is 5.68. The van der Waals surface area contributed by atoms with Crippen LogP contribution in [0.25, 0.3) is 0 Å². The molecule has 0 saturated heterocycles. The summed E-state index contributed by atoms with van der Waals surface area (Å²) < 4.78 is 4.53. The SMILES string of the molecule is [CH2]CCCCCCCC(=O)OC. The van der Waals surface area contributed by atoms with E-state index < -0.39 is 0 Å². The first-order chi connectivity index (χ1) is 5.81. The molecule has 12 heavy (non-hydrogen) atoms. The summed E-state index contributed by atoms with van der Waals surface area (Å²) in [5, 5.41) is 0. The molecule has 0 rings (SSSR count). The number of carbonyl (C=O) groups is 1. The Labute approximate surface area is 75.3 Å². The molecule has 0 bridgehead atoms.